The van der Waals surface area contributed by atoms with Crippen LogP contribution in [0, 0.1) is 6.92 Å². The van der Waals surface area contributed by atoms with Gasteiger partial charge >= 0.3 is 0 Å². The summed E-state index contributed by atoms with van der Waals surface area (Å²) < 4.78 is 0. The highest BCUT2D eigenvalue weighted by Gasteiger charge is 2.18. The van der Waals surface area contributed by atoms with Crippen molar-refractivity contribution < 1.29 is 0 Å². The minimum Gasteiger partial charge on any atom is -0.348 e. The molecule has 2 heterocycles. The Morgan fingerprint density at radius 2 is 2.05 bits per heavy atom. The Kier molecular flexibility index (Phi) is 3.51. The number of nitrogens with zero attached hydrogens (tertiary/aromatic N) is 2. The number of hydrogen-bond donors (Lipinski definition) is 1. The molecule has 0 spiro atoms. The van der Waals surface area contributed by atoms with E-state index in [0.717, 1.165) is 28.2 Å². The number of rotatable bonds is 1. The van der Waals surface area contributed by atoms with Crippen molar-refractivity contribution in [2.75, 3.05) is 11.9 Å². The number of nitrogens with one attached hydrogen (secondary N) is 1. The van der Waals surface area contributed by atoms with Gasteiger partial charge in [0.2, 0.25) is 0 Å². The maximum absolute atomic E-state index is 6.29. The molecule has 5 heteroatoms. The van der Waals surface area contributed by atoms with Crippen LogP contribution >= 0.6 is 23.8 Å². The summed E-state index contributed by atoms with van der Waals surface area (Å²) >= 11 is 11.6. The molecule has 20 heavy (non-hydrogen) atoms. The molecule has 1 aromatic heterocycles. The standard InChI is InChI=1S/C15H12ClN3S/c1-9-6-13-11(7-17-9)15(18-8-14(20)19-13)10-4-2-3-5-12(10)16/h2-7H,8H2,1H3,(H,19,20). The minimum atomic E-state index is 0.448. The van der Waals surface area contributed by atoms with Gasteiger partial charge in [-0.25, -0.2) is 0 Å². The largest absolute Gasteiger partial charge is 0.348 e. The van der Waals surface area contributed by atoms with Gasteiger partial charge in [-0.1, -0.05) is 42.0 Å². The fourth-order valence-electron chi connectivity index (χ4n) is 2.16. The first-order valence-corrected chi connectivity index (χ1v) is 7.00. The van der Waals surface area contributed by atoms with Crippen molar-refractivity contribution in [2.24, 2.45) is 4.99 Å². The van der Waals surface area contributed by atoms with E-state index in [4.69, 9.17) is 23.8 Å². The molecular formula is C15H12ClN3S. The van der Waals surface area contributed by atoms with Crippen molar-refractivity contribution in [1.82, 2.24) is 4.98 Å². The normalized spacial score (nSPS) is 14.1. The van der Waals surface area contributed by atoms with Crippen molar-refractivity contribution >= 4 is 40.2 Å². The van der Waals surface area contributed by atoms with Crippen LogP contribution in [-0.4, -0.2) is 22.2 Å². The minimum absolute atomic E-state index is 0.448. The van der Waals surface area contributed by atoms with E-state index in [9.17, 15) is 0 Å². The van der Waals surface area contributed by atoms with Gasteiger partial charge in [0, 0.05) is 28.0 Å². The molecule has 1 aliphatic heterocycles. The van der Waals surface area contributed by atoms with Gasteiger partial charge in [-0.3, -0.25) is 9.98 Å². The average molecular weight is 302 g/mol. The van der Waals surface area contributed by atoms with Crippen molar-refractivity contribution in [3.8, 4) is 0 Å². The molecule has 1 N–H and O–H groups in total. The zero-order chi connectivity index (χ0) is 14.1. The topological polar surface area (TPSA) is 37.3 Å². The lowest BCUT2D eigenvalue weighted by molar-refractivity contribution is 1.20. The predicted octanol–water partition coefficient (Wildman–Crippen LogP) is 3.63. The summed E-state index contributed by atoms with van der Waals surface area (Å²) in [5.41, 5.74) is 4.50. The molecule has 0 aliphatic carbocycles. The third-order valence-electron chi connectivity index (χ3n) is 3.08. The summed E-state index contributed by atoms with van der Waals surface area (Å²) in [5, 5.41) is 3.89. The number of anilines is 1. The van der Waals surface area contributed by atoms with Gasteiger partial charge in [0.05, 0.1) is 17.9 Å². The first-order valence-electron chi connectivity index (χ1n) is 6.21. The molecule has 0 amide bonds. The fourth-order valence-corrected chi connectivity index (χ4v) is 2.56. The summed E-state index contributed by atoms with van der Waals surface area (Å²) in [5.74, 6) is 0. The number of benzene rings is 1. The van der Waals surface area contributed by atoms with E-state index in [0.29, 0.717) is 16.6 Å². The quantitative estimate of drug-likeness (QED) is 0.817. The van der Waals surface area contributed by atoms with E-state index < -0.39 is 0 Å². The lowest BCUT2D eigenvalue weighted by Crippen LogP contribution is -2.11. The maximum Gasteiger partial charge on any atom is 0.102 e. The van der Waals surface area contributed by atoms with Crippen LogP contribution in [0.15, 0.2) is 41.5 Å². The number of aryl methyl sites for hydroxylation is 1. The van der Waals surface area contributed by atoms with E-state index in [1.54, 1.807) is 0 Å². The molecule has 1 aliphatic rings. The molecule has 0 saturated carbocycles. The third kappa shape index (κ3) is 2.44. The average Bonchev–Trinajstić information content (AvgIpc) is 2.57. The summed E-state index contributed by atoms with van der Waals surface area (Å²) in [4.78, 5) is 9.65. The van der Waals surface area contributed by atoms with Crippen molar-refractivity contribution in [2.45, 2.75) is 6.92 Å². The first-order chi connectivity index (χ1) is 9.65. The molecule has 0 atom stereocenters. The van der Waals surface area contributed by atoms with Gasteiger partial charge in [-0.05, 0) is 19.1 Å². The molecule has 0 radical (unpaired) electrons. The molecular weight excluding hydrogens is 290 g/mol. The van der Waals surface area contributed by atoms with Crippen molar-refractivity contribution in [3.05, 3.63) is 58.4 Å². The Morgan fingerprint density at radius 3 is 2.85 bits per heavy atom. The zero-order valence-electron chi connectivity index (χ0n) is 10.9. The number of halogens is 1. The number of hydrogen-bond acceptors (Lipinski definition) is 3. The lowest BCUT2D eigenvalue weighted by Gasteiger charge is -2.11. The fraction of sp³-hybridized carbons (Fsp3) is 0.133. The Balaban J connectivity index is 2.21. The van der Waals surface area contributed by atoms with Crippen molar-refractivity contribution in [3.63, 3.8) is 0 Å². The second kappa shape index (κ2) is 5.31. The van der Waals surface area contributed by atoms with Crippen LogP contribution in [0.3, 0.4) is 0 Å². The summed E-state index contributed by atoms with van der Waals surface area (Å²) in [6.45, 7) is 2.39. The van der Waals surface area contributed by atoms with Gasteiger partial charge in [0.1, 0.15) is 4.99 Å². The zero-order valence-corrected chi connectivity index (χ0v) is 12.4. The van der Waals surface area contributed by atoms with Crippen molar-refractivity contribution in [1.29, 1.82) is 0 Å². The van der Waals surface area contributed by atoms with E-state index in [-0.39, 0.29) is 0 Å². The molecule has 2 aromatic rings. The number of pyridine rings is 1. The highest BCUT2D eigenvalue weighted by atomic mass is 35.5. The molecule has 100 valence electrons. The number of fused-ring (bicyclic) bond motifs is 1. The van der Waals surface area contributed by atoms with Crippen LogP contribution in [0.4, 0.5) is 5.69 Å². The van der Waals surface area contributed by atoms with Gasteiger partial charge in [-0.2, -0.15) is 0 Å². The highest BCUT2D eigenvalue weighted by molar-refractivity contribution is 7.80. The van der Waals surface area contributed by atoms with E-state index in [1.807, 2.05) is 43.5 Å². The summed E-state index contributed by atoms with van der Waals surface area (Å²) in [6.07, 6.45) is 1.81. The lowest BCUT2D eigenvalue weighted by atomic mass is 10.0. The predicted molar refractivity (Wildman–Crippen MR) is 87.2 cm³/mol. The molecule has 3 nitrogen and oxygen atoms in total. The van der Waals surface area contributed by atoms with Crippen LogP contribution in [-0.2, 0) is 0 Å². The van der Waals surface area contributed by atoms with Gasteiger partial charge in [0.15, 0.2) is 0 Å². The SMILES string of the molecule is Cc1cc2c(cn1)C(c1ccccc1Cl)=NCC(=S)N2. The Hall–Kier alpha value is -1.78. The Bertz CT molecular complexity index is 725. The van der Waals surface area contributed by atoms with Crippen LogP contribution < -0.4 is 5.32 Å². The monoisotopic (exact) mass is 301 g/mol. The Morgan fingerprint density at radius 1 is 1.25 bits per heavy atom. The molecule has 0 bridgehead atoms. The van der Waals surface area contributed by atoms with Crippen LogP contribution in [0.2, 0.25) is 5.02 Å². The summed E-state index contributed by atoms with van der Waals surface area (Å²) in [6, 6.07) is 9.64. The van der Waals surface area contributed by atoms with Gasteiger partial charge in [-0.15, -0.1) is 0 Å². The number of thiocarbonyl (C=S) groups is 1. The second-order valence-corrected chi connectivity index (χ2v) is 5.46. The smallest absolute Gasteiger partial charge is 0.102 e. The molecule has 3 rings (SSSR count). The molecule has 0 saturated heterocycles. The van der Waals surface area contributed by atoms with E-state index in [2.05, 4.69) is 15.3 Å². The van der Waals surface area contributed by atoms with Gasteiger partial charge < -0.3 is 5.32 Å². The second-order valence-electron chi connectivity index (χ2n) is 4.56. The summed E-state index contributed by atoms with van der Waals surface area (Å²) in [7, 11) is 0. The van der Waals surface area contributed by atoms with Gasteiger partial charge in [0.25, 0.3) is 0 Å². The third-order valence-corrected chi connectivity index (χ3v) is 3.64. The van der Waals surface area contributed by atoms with E-state index in [1.165, 1.54) is 0 Å². The molecule has 0 fully saturated rings. The Labute approximate surface area is 127 Å². The van der Waals surface area contributed by atoms with Crippen LogP contribution in [0.5, 0.6) is 0 Å². The number of aromatic nitrogens is 1. The van der Waals surface area contributed by atoms with E-state index >= 15 is 0 Å². The first kappa shape index (κ1) is 13.2. The molecule has 1 aromatic carbocycles. The van der Waals surface area contributed by atoms with Crippen LogP contribution in [0.1, 0.15) is 16.8 Å². The highest BCUT2D eigenvalue weighted by Crippen LogP contribution is 2.26. The van der Waals surface area contributed by atoms with Crippen LogP contribution in [0.25, 0.3) is 0 Å². The molecule has 0 unspecified atom stereocenters. The number of aliphatic imine (C=N–C) groups is 1. The maximum atomic E-state index is 6.29.